The van der Waals surface area contributed by atoms with E-state index >= 15 is 0 Å². The molecule has 3 amide bonds. The van der Waals surface area contributed by atoms with E-state index in [1.807, 2.05) is 28.8 Å². The number of benzene rings is 1. The molecule has 8 heteroatoms. The molecule has 0 radical (unpaired) electrons. The van der Waals surface area contributed by atoms with Gasteiger partial charge in [0.15, 0.2) is 0 Å². The van der Waals surface area contributed by atoms with Crippen LogP contribution in [0.1, 0.15) is 32.6 Å². The molecule has 2 N–H and O–H groups in total. The van der Waals surface area contributed by atoms with Gasteiger partial charge in [0.1, 0.15) is 0 Å². The highest BCUT2D eigenvalue weighted by atomic mass is 16.5. The number of hydrogen-bond donors (Lipinski definition) is 2. The molecule has 0 spiro atoms. The number of urea groups is 1. The third-order valence-electron chi connectivity index (χ3n) is 4.73. The van der Waals surface area contributed by atoms with Crippen LogP contribution in [0.5, 0.6) is 0 Å². The first-order valence-corrected chi connectivity index (χ1v) is 10.1. The van der Waals surface area contributed by atoms with Crippen molar-refractivity contribution in [2.24, 2.45) is 0 Å². The molecule has 1 aromatic heterocycles. The Labute approximate surface area is 165 Å². The van der Waals surface area contributed by atoms with E-state index in [1.165, 1.54) is 0 Å². The molecule has 0 atom stereocenters. The average molecular weight is 387 g/mol. The van der Waals surface area contributed by atoms with Gasteiger partial charge in [-0.1, -0.05) is 25.5 Å². The number of rotatable bonds is 10. The number of nitrogens with zero attached hydrogens (tertiary/aromatic N) is 3. The molecule has 3 rings (SSSR count). The predicted molar refractivity (Wildman–Crippen MR) is 108 cm³/mol. The van der Waals surface area contributed by atoms with Crippen LogP contribution in [0.15, 0.2) is 24.3 Å². The Balaban J connectivity index is 1.35. The number of para-hydroxylation sites is 2. The monoisotopic (exact) mass is 387 g/mol. The maximum Gasteiger partial charge on any atom is 0.324 e. The van der Waals surface area contributed by atoms with Crippen LogP contribution in [-0.2, 0) is 16.1 Å². The van der Waals surface area contributed by atoms with Crippen LogP contribution in [0, 0.1) is 0 Å². The van der Waals surface area contributed by atoms with Gasteiger partial charge in [0, 0.05) is 45.8 Å². The van der Waals surface area contributed by atoms with Crippen molar-refractivity contribution in [2.75, 3.05) is 37.7 Å². The summed E-state index contributed by atoms with van der Waals surface area (Å²) in [6, 6.07) is 7.63. The molecule has 0 unspecified atom stereocenters. The molecule has 0 bridgehead atoms. The number of unbranched alkanes of at least 4 members (excludes halogenated alkanes) is 1. The van der Waals surface area contributed by atoms with Gasteiger partial charge in [-0.3, -0.25) is 9.69 Å². The number of ether oxygens (including phenoxy) is 1. The Morgan fingerprint density at radius 3 is 2.79 bits per heavy atom. The first kappa shape index (κ1) is 20.1. The molecule has 0 fully saturated rings. The maximum atomic E-state index is 12.5. The molecular formula is C20H29N5O3. The van der Waals surface area contributed by atoms with E-state index in [1.54, 1.807) is 4.90 Å². The molecule has 1 aromatic carbocycles. The van der Waals surface area contributed by atoms with Crippen molar-refractivity contribution < 1.29 is 14.3 Å². The van der Waals surface area contributed by atoms with Crippen molar-refractivity contribution in [1.82, 2.24) is 20.2 Å². The summed E-state index contributed by atoms with van der Waals surface area (Å²) >= 11 is 0. The van der Waals surface area contributed by atoms with Gasteiger partial charge in [0.05, 0.1) is 11.0 Å². The Kier molecular flexibility index (Phi) is 7.25. The lowest BCUT2D eigenvalue weighted by Gasteiger charge is -2.15. The second kappa shape index (κ2) is 10.1. The summed E-state index contributed by atoms with van der Waals surface area (Å²) in [6.07, 6.45) is 3.25. The van der Waals surface area contributed by atoms with Crippen molar-refractivity contribution in [3.8, 4) is 0 Å². The van der Waals surface area contributed by atoms with Gasteiger partial charge in [-0.15, -0.1) is 0 Å². The van der Waals surface area contributed by atoms with Crippen molar-refractivity contribution >= 4 is 28.9 Å². The highest BCUT2D eigenvalue weighted by molar-refractivity contribution is 5.94. The number of anilines is 1. The van der Waals surface area contributed by atoms with E-state index in [0.717, 1.165) is 43.4 Å². The normalized spacial score (nSPS) is 13.0. The molecule has 1 aliphatic rings. The number of aromatic nitrogens is 2. The Hall–Kier alpha value is -2.61. The predicted octanol–water partition coefficient (Wildman–Crippen LogP) is 2.28. The zero-order chi connectivity index (χ0) is 19.8. The van der Waals surface area contributed by atoms with Crippen molar-refractivity contribution in [1.29, 1.82) is 0 Å². The van der Waals surface area contributed by atoms with Crippen LogP contribution in [-0.4, -0.2) is 54.3 Å². The molecule has 0 saturated carbocycles. The van der Waals surface area contributed by atoms with Crippen molar-refractivity contribution in [3.63, 3.8) is 0 Å². The van der Waals surface area contributed by atoms with Gasteiger partial charge in [0.25, 0.3) is 0 Å². The lowest BCUT2D eigenvalue weighted by atomic mass is 10.3. The van der Waals surface area contributed by atoms with Gasteiger partial charge < -0.3 is 19.9 Å². The van der Waals surface area contributed by atoms with E-state index in [-0.39, 0.29) is 18.4 Å². The fraction of sp³-hybridized carbons (Fsp3) is 0.550. The van der Waals surface area contributed by atoms with Gasteiger partial charge in [-0.25, -0.2) is 9.78 Å². The van der Waals surface area contributed by atoms with Crippen LogP contribution in [0.25, 0.3) is 11.0 Å². The summed E-state index contributed by atoms with van der Waals surface area (Å²) in [7, 11) is 0. The van der Waals surface area contributed by atoms with E-state index < -0.39 is 0 Å². The Morgan fingerprint density at radius 1 is 1.11 bits per heavy atom. The topological polar surface area (TPSA) is 88.5 Å². The second-order valence-corrected chi connectivity index (χ2v) is 6.86. The number of carbonyl (C=O) groups is 2. The van der Waals surface area contributed by atoms with E-state index in [9.17, 15) is 9.59 Å². The van der Waals surface area contributed by atoms with Crippen LogP contribution < -0.4 is 15.5 Å². The standard InChI is InChI=1S/C20H29N5O3/c1-2-3-14-28-15-6-10-21-18(26)9-11-22-20(27)25-13-12-24-17-8-5-4-7-16(17)23-19(24)25/h4-5,7-8H,2-3,6,9-15H2,1H3,(H,21,26)(H,22,27). The van der Waals surface area contributed by atoms with Gasteiger partial charge in [-0.2, -0.15) is 0 Å². The van der Waals surface area contributed by atoms with Crippen LogP contribution >= 0.6 is 0 Å². The minimum absolute atomic E-state index is 0.0671. The molecule has 0 saturated heterocycles. The highest BCUT2D eigenvalue weighted by Gasteiger charge is 2.28. The molecular weight excluding hydrogens is 358 g/mol. The van der Waals surface area contributed by atoms with E-state index in [4.69, 9.17) is 4.74 Å². The summed E-state index contributed by atoms with van der Waals surface area (Å²) in [5.41, 5.74) is 1.92. The van der Waals surface area contributed by atoms with Gasteiger partial charge in [-0.05, 0) is 25.0 Å². The van der Waals surface area contributed by atoms with Crippen LogP contribution in [0.3, 0.4) is 0 Å². The van der Waals surface area contributed by atoms with Crippen molar-refractivity contribution in [3.05, 3.63) is 24.3 Å². The summed E-state index contributed by atoms with van der Waals surface area (Å²) in [4.78, 5) is 30.5. The third kappa shape index (κ3) is 5.01. The quantitative estimate of drug-likeness (QED) is 0.612. The van der Waals surface area contributed by atoms with Crippen molar-refractivity contribution in [2.45, 2.75) is 39.2 Å². The van der Waals surface area contributed by atoms with E-state index in [0.29, 0.717) is 32.2 Å². The smallest absolute Gasteiger partial charge is 0.324 e. The van der Waals surface area contributed by atoms with Crippen LogP contribution in [0.2, 0.25) is 0 Å². The maximum absolute atomic E-state index is 12.5. The molecule has 1 aliphatic heterocycles. The van der Waals surface area contributed by atoms with Gasteiger partial charge in [0.2, 0.25) is 11.9 Å². The minimum atomic E-state index is -0.216. The third-order valence-corrected chi connectivity index (χ3v) is 4.73. The second-order valence-electron chi connectivity index (χ2n) is 6.86. The fourth-order valence-electron chi connectivity index (χ4n) is 3.20. The Morgan fingerprint density at radius 2 is 1.93 bits per heavy atom. The number of imidazole rings is 1. The molecule has 0 aliphatic carbocycles. The first-order valence-electron chi connectivity index (χ1n) is 10.1. The molecule has 2 heterocycles. The lowest BCUT2D eigenvalue weighted by molar-refractivity contribution is -0.120. The zero-order valence-electron chi connectivity index (χ0n) is 16.4. The van der Waals surface area contributed by atoms with Crippen LogP contribution in [0.4, 0.5) is 10.7 Å². The van der Waals surface area contributed by atoms with Gasteiger partial charge >= 0.3 is 6.03 Å². The number of amides is 3. The minimum Gasteiger partial charge on any atom is -0.381 e. The molecule has 28 heavy (non-hydrogen) atoms. The SMILES string of the molecule is CCCCOCCCNC(=O)CCNC(=O)N1CCn2c1nc1ccccc12. The number of hydrogen-bond acceptors (Lipinski definition) is 4. The lowest BCUT2D eigenvalue weighted by Crippen LogP contribution is -2.41. The summed E-state index contributed by atoms with van der Waals surface area (Å²) in [5, 5.41) is 5.66. The molecule has 8 nitrogen and oxygen atoms in total. The number of nitrogens with one attached hydrogen (secondary N) is 2. The number of carbonyl (C=O) groups excluding carboxylic acids is 2. The average Bonchev–Trinajstić information content (AvgIpc) is 3.26. The van der Waals surface area contributed by atoms with E-state index in [2.05, 4.69) is 22.5 Å². The summed E-state index contributed by atoms with van der Waals surface area (Å²) < 4.78 is 7.50. The number of fused-ring (bicyclic) bond motifs is 3. The Bertz CT molecular complexity index is 804. The summed E-state index contributed by atoms with van der Waals surface area (Å²) in [5.74, 6) is 0.591. The largest absolute Gasteiger partial charge is 0.381 e. The fourth-order valence-corrected chi connectivity index (χ4v) is 3.20. The zero-order valence-corrected chi connectivity index (χ0v) is 16.4. The highest BCUT2D eigenvalue weighted by Crippen LogP contribution is 2.26. The first-order chi connectivity index (χ1) is 13.7. The summed E-state index contributed by atoms with van der Waals surface area (Å²) in [6.45, 7) is 5.77. The molecule has 2 aromatic rings. The molecule has 152 valence electrons.